The van der Waals surface area contributed by atoms with Crippen LogP contribution in [0.2, 0.25) is 0 Å². The van der Waals surface area contributed by atoms with Crippen LogP contribution in [0, 0.1) is 23.7 Å². The van der Waals surface area contributed by atoms with Gasteiger partial charge in [0.05, 0.1) is 6.54 Å². The Balaban J connectivity index is 1.70. The van der Waals surface area contributed by atoms with Gasteiger partial charge in [-0.1, -0.05) is 0 Å². The van der Waals surface area contributed by atoms with Crippen LogP contribution in [-0.2, 0) is 13.6 Å². The summed E-state index contributed by atoms with van der Waals surface area (Å²) in [5.74, 6) is 6.58. The van der Waals surface area contributed by atoms with Crippen molar-refractivity contribution in [2.75, 3.05) is 0 Å². The Kier molecular flexibility index (Phi) is 2.31. The fraction of sp³-hybridized carbons (Fsp3) is 0.857. The van der Waals surface area contributed by atoms with E-state index in [1.807, 2.05) is 0 Å². The van der Waals surface area contributed by atoms with E-state index in [1.165, 1.54) is 37.9 Å². The summed E-state index contributed by atoms with van der Waals surface area (Å²) in [5, 5.41) is 8.72. The predicted octanol–water partition coefficient (Wildman–Crippen LogP) is 1.81. The number of aromatic nitrogens is 3. The molecule has 4 heteroatoms. The zero-order chi connectivity index (χ0) is 12.3. The Hall–Kier alpha value is -0.900. The van der Waals surface area contributed by atoms with Crippen molar-refractivity contribution in [1.82, 2.24) is 14.8 Å². The third-order valence-electron chi connectivity index (χ3n) is 5.71. The van der Waals surface area contributed by atoms with Gasteiger partial charge in [-0.2, -0.15) is 0 Å². The van der Waals surface area contributed by atoms with Gasteiger partial charge in [0.1, 0.15) is 11.6 Å². The van der Waals surface area contributed by atoms with E-state index in [4.69, 9.17) is 5.73 Å². The number of rotatable bonds is 2. The monoisotopic (exact) mass is 246 g/mol. The summed E-state index contributed by atoms with van der Waals surface area (Å²) in [5.41, 5.74) is 5.72. The molecular formula is C14H22N4. The van der Waals surface area contributed by atoms with Gasteiger partial charge < -0.3 is 10.3 Å². The van der Waals surface area contributed by atoms with E-state index in [0.29, 0.717) is 12.5 Å². The Bertz CT molecular complexity index is 436. The van der Waals surface area contributed by atoms with Gasteiger partial charge in [0.25, 0.3) is 0 Å². The molecule has 2 N–H and O–H groups in total. The van der Waals surface area contributed by atoms with Crippen molar-refractivity contribution >= 4 is 0 Å². The molecule has 4 nitrogen and oxygen atoms in total. The minimum absolute atomic E-state index is 0.497. The quantitative estimate of drug-likeness (QED) is 0.866. The van der Waals surface area contributed by atoms with Crippen LogP contribution in [0.5, 0.6) is 0 Å². The molecule has 4 aliphatic carbocycles. The molecule has 1 aromatic rings. The van der Waals surface area contributed by atoms with Crippen LogP contribution < -0.4 is 5.73 Å². The molecule has 0 saturated heterocycles. The maximum absolute atomic E-state index is 5.72. The highest BCUT2D eigenvalue weighted by atomic mass is 15.3. The highest BCUT2D eigenvalue weighted by Gasteiger charge is 2.50. The Morgan fingerprint density at radius 2 is 1.67 bits per heavy atom. The van der Waals surface area contributed by atoms with Crippen LogP contribution in [0.1, 0.15) is 49.7 Å². The van der Waals surface area contributed by atoms with Crippen LogP contribution in [0.15, 0.2) is 0 Å². The molecule has 0 atom stereocenters. The van der Waals surface area contributed by atoms with Gasteiger partial charge in [0.15, 0.2) is 0 Å². The molecular weight excluding hydrogens is 224 g/mol. The fourth-order valence-corrected chi connectivity index (χ4v) is 5.19. The van der Waals surface area contributed by atoms with E-state index >= 15 is 0 Å². The minimum atomic E-state index is 0.497. The third-order valence-corrected chi connectivity index (χ3v) is 5.71. The second-order valence-corrected chi connectivity index (χ2v) is 6.69. The van der Waals surface area contributed by atoms with Crippen molar-refractivity contribution in [3.8, 4) is 0 Å². The molecule has 1 aromatic heterocycles. The number of nitrogens with two attached hydrogens (primary N) is 1. The zero-order valence-corrected chi connectivity index (χ0v) is 11.0. The third kappa shape index (κ3) is 1.41. The molecule has 98 valence electrons. The molecule has 0 aromatic carbocycles. The maximum Gasteiger partial charge on any atom is 0.146 e. The predicted molar refractivity (Wildman–Crippen MR) is 68.7 cm³/mol. The van der Waals surface area contributed by atoms with Gasteiger partial charge in [-0.3, -0.25) is 0 Å². The average Bonchev–Trinajstić information content (AvgIpc) is 2.70. The number of nitrogens with zero attached hydrogens (tertiary/aromatic N) is 3. The molecule has 0 radical (unpaired) electrons. The van der Waals surface area contributed by atoms with Gasteiger partial charge in [-0.05, 0) is 55.8 Å². The first-order valence-corrected chi connectivity index (χ1v) is 7.34. The molecule has 4 bridgehead atoms. The molecule has 0 aliphatic heterocycles. The van der Waals surface area contributed by atoms with Crippen LogP contribution in [-0.4, -0.2) is 14.8 Å². The van der Waals surface area contributed by atoms with Crippen LogP contribution in [0.3, 0.4) is 0 Å². The molecule has 5 rings (SSSR count). The molecule has 0 unspecified atom stereocenters. The lowest BCUT2D eigenvalue weighted by Crippen LogP contribution is -2.44. The van der Waals surface area contributed by atoms with E-state index in [2.05, 4.69) is 21.8 Å². The molecule has 0 spiro atoms. The summed E-state index contributed by atoms with van der Waals surface area (Å²) in [6, 6.07) is 0. The summed E-state index contributed by atoms with van der Waals surface area (Å²) in [4.78, 5) is 0. The molecule has 4 aliphatic rings. The molecule has 4 saturated carbocycles. The van der Waals surface area contributed by atoms with E-state index < -0.39 is 0 Å². The summed E-state index contributed by atoms with van der Waals surface area (Å²) in [6.45, 7) is 0.497. The lowest BCUT2D eigenvalue weighted by Gasteiger charge is -2.53. The van der Waals surface area contributed by atoms with Crippen molar-refractivity contribution < 1.29 is 0 Å². The SMILES string of the molecule is Cn1c(CN)nnc1C1C2CC3CC(C2)CC1C3. The van der Waals surface area contributed by atoms with Crippen molar-refractivity contribution in [2.24, 2.45) is 36.5 Å². The lowest BCUT2D eigenvalue weighted by molar-refractivity contribution is -0.00664. The van der Waals surface area contributed by atoms with Crippen molar-refractivity contribution in [3.05, 3.63) is 11.6 Å². The standard InChI is InChI=1S/C14H22N4/c1-18-12(7-15)16-17-14(18)13-10-3-8-2-9(5-10)6-11(13)4-8/h8-11,13H,2-7,15H2,1H3. The number of hydrogen-bond donors (Lipinski definition) is 1. The first kappa shape index (κ1) is 11.0. The molecule has 0 amide bonds. The highest BCUT2D eigenvalue weighted by Crippen LogP contribution is 2.59. The molecule has 1 heterocycles. The normalized spacial score (nSPS) is 41.6. The zero-order valence-electron chi connectivity index (χ0n) is 11.0. The van der Waals surface area contributed by atoms with Crippen LogP contribution in [0.4, 0.5) is 0 Å². The Labute approximate surface area is 108 Å². The molecule has 4 fully saturated rings. The van der Waals surface area contributed by atoms with E-state index in [1.54, 1.807) is 0 Å². The molecule has 18 heavy (non-hydrogen) atoms. The maximum atomic E-state index is 5.72. The second kappa shape index (κ2) is 3.80. The van der Waals surface area contributed by atoms with Gasteiger partial charge >= 0.3 is 0 Å². The largest absolute Gasteiger partial charge is 0.324 e. The summed E-state index contributed by atoms with van der Waals surface area (Å²) < 4.78 is 2.16. The van der Waals surface area contributed by atoms with E-state index in [9.17, 15) is 0 Å². The highest BCUT2D eigenvalue weighted by molar-refractivity contribution is 5.12. The second-order valence-electron chi connectivity index (χ2n) is 6.69. The van der Waals surface area contributed by atoms with Crippen molar-refractivity contribution in [2.45, 2.75) is 44.6 Å². The van der Waals surface area contributed by atoms with E-state index in [0.717, 1.165) is 29.5 Å². The summed E-state index contributed by atoms with van der Waals surface area (Å²) in [7, 11) is 2.09. The summed E-state index contributed by atoms with van der Waals surface area (Å²) in [6.07, 6.45) is 7.24. The van der Waals surface area contributed by atoms with Gasteiger partial charge in [0, 0.05) is 13.0 Å². The minimum Gasteiger partial charge on any atom is -0.324 e. The lowest BCUT2D eigenvalue weighted by atomic mass is 9.51. The van der Waals surface area contributed by atoms with Gasteiger partial charge in [0.2, 0.25) is 0 Å². The van der Waals surface area contributed by atoms with Gasteiger partial charge in [-0.15, -0.1) is 10.2 Å². The van der Waals surface area contributed by atoms with Crippen LogP contribution >= 0.6 is 0 Å². The van der Waals surface area contributed by atoms with Crippen molar-refractivity contribution in [3.63, 3.8) is 0 Å². The number of hydrogen-bond acceptors (Lipinski definition) is 3. The van der Waals surface area contributed by atoms with E-state index in [-0.39, 0.29) is 0 Å². The van der Waals surface area contributed by atoms with Crippen LogP contribution in [0.25, 0.3) is 0 Å². The summed E-state index contributed by atoms with van der Waals surface area (Å²) >= 11 is 0. The van der Waals surface area contributed by atoms with Gasteiger partial charge in [-0.25, -0.2) is 0 Å². The first-order chi connectivity index (χ1) is 8.76. The smallest absolute Gasteiger partial charge is 0.146 e. The Morgan fingerprint density at radius 1 is 1.06 bits per heavy atom. The average molecular weight is 246 g/mol. The first-order valence-electron chi connectivity index (χ1n) is 7.34. The fourth-order valence-electron chi connectivity index (χ4n) is 5.19. The topological polar surface area (TPSA) is 56.7 Å². The van der Waals surface area contributed by atoms with Crippen molar-refractivity contribution in [1.29, 1.82) is 0 Å². The Morgan fingerprint density at radius 3 is 2.17 bits per heavy atom.